The Hall–Kier alpha value is -1.03. The SMILES string of the molecule is CCC1CCCC(NC(=O)c2cc(S)ccc2F)C1. The molecule has 2 unspecified atom stereocenters. The number of carbonyl (C=O) groups excluding carboxylic acids is 1. The molecule has 19 heavy (non-hydrogen) atoms. The standard InChI is InChI=1S/C15H20FNOS/c1-2-10-4-3-5-11(8-10)17-15(18)13-9-12(19)6-7-14(13)16/h6-7,9-11,19H,2-5,8H2,1H3,(H,17,18). The summed E-state index contributed by atoms with van der Waals surface area (Å²) < 4.78 is 13.6. The molecule has 2 atom stereocenters. The van der Waals surface area contributed by atoms with Gasteiger partial charge >= 0.3 is 0 Å². The summed E-state index contributed by atoms with van der Waals surface area (Å²) in [4.78, 5) is 12.7. The van der Waals surface area contributed by atoms with Gasteiger partial charge in [-0.3, -0.25) is 4.79 Å². The molecule has 1 saturated carbocycles. The van der Waals surface area contributed by atoms with Crippen LogP contribution in [0, 0.1) is 11.7 Å². The van der Waals surface area contributed by atoms with Gasteiger partial charge in [0, 0.05) is 10.9 Å². The van der Waals surface area contributed by atoms with E-state index in [9.17, 15) is 9.18 Å². The molecule has 104 valence electrons. The average molecular weight is 281 g/mol. The van der Waals surface area contributed by atoms with Crippen LogP contribution in [0.5, 0.6) is 0 Å². The van der Waals surface area contributed by atoms with Crippen LogP contribution in [-0.2, 0) is 0 Å². The molecule has 0 radical (unpaired) electrons. The van der Waals surface area contributed by atoms with Crippen molar-refractivity contribution in [2.24, 2.45) is 5.92 Å². The zero-order valence-electron chi connectivity index (χ0n) is 11.2. The molecule has 0 spiro atoms. The minimum absolute atomic E-state index is 0.0890. The zero-order chi connectivity index (χ0) is 13.8. The molecule has 0 aromatic heterocycles. The molecule has 4 heteroatoms. The lowest BCUT2D eigenvalue weighted by Gasteiger charge is -2.29. The zero-order valence-corrected chi connectivity index (χ0v) is 12.1. The predicted molar refractivity (Wildman–Crippen MR) is 77.2 cm³/mol. The number of halogens is 1. The minimum Gasteiger partial charge on any atom is -0.349 e. The highest BCUT2D eigenvalue weighted by atomic mass is 32.1. The van der Waals surface area contributed by atoms with Crippen molar-refractivity contribution in [1.29, 1.82) is 0 Å². The molecular weight excluding hydrogens is 261 g/mol. The number of hydrogen-bond donors (Lipinski definition) is 2. The van der Waals surface area contributed by atoms with Gasteiger partial charge in [0.15, 0.2) is 0 Å². The van der Waals surface area contributed by atoms with Crippen molar-refractivity contribution >= 4 is 18.5 Å². The molecule has 0 aliphatic heterocycles. The van der Waals surface area contributed by atoms with Crippen LogP contribution in [0.2, 0.25) is 0 Å². The molecule has 1 amide bonds. The van der Waals surface area contributed by atoms with Crippen LogP contribution < -0.4 is 5.32 Å². The van der Waals surface area contributed by atoms with Crippen molar-refractivity contribution in [3.05, 3.63) is 29.6 Å². The maximum Gasteiger partial charge on any atom is 0.254 e. The van der Waals surface area contributed by atoms with Crippen LogP contribution >= 0.6 is 12.6 Å². The number of hydrogen-bond acceptors (Lipinski definition) is 2. The van der Waals surface area contributed by atoms with Gasteiger partial charge < -0.3 is 5.32 Å². The van der Waals surface area contributed by atoms with Crippen molar-refractivity contribution in [1.82, 2.24) is 5.32 Å². The third-order valence-corrected chi connectivity index (χ3v) is 4.17. The van der Waals surface area contributed by atoms with E-state index < -0.39 is 5.82 Å². The van der Waals surface area contributed by atoms with Gasteiger partial charge in [0.2, 0.25) is 0 Å². The van der Waals surface area contributed by atoms with Gasteiger partial charge in [-0.15, -0.1) is 12.6 Å². The molecule has 1 aliphatic rings. The molecular formula is C15H20FNOS. The van der Waals surface area contributed by atoms with Crippen LogP contribution in [0.15, 0.2) is 23.1 Å². The Kier molecular flexibility index (Phi) is 4.86. The first-order valence-corrected chi connectivity index (χ1v) is 7.34. The number of nitrogens with one attached hydrogen (secondary N) is 1. The van der Waals surface area contributed by atoms with E-state index in [1.165, 1.54) is 18.6 Å². The summed E-state index contributed by atoms with van der Waals surface area (Å²) in [5, 5.41) is 2.95. The van der Waals surface area contributed by atoms with E-state index in [2.05, 4.69) is 24.9 Å². The second-order valence-corrected chi connectivity index (χ2v) is 5.79. The number of rotatable bonds is 3. The normalized spacial score (nSPS) is 23.1. The highest BCUT2D eigenvalue weighted by molar-refractivity contribution is 7.80. The van der Waals surface area contributed by atoms with Gasteiger partial charge in [0.1, 0.15) is 5.82 Å². The fourth-order valence-corrected chi connectivity index (χ4v) is 2.95. The maximum absolute atomic E-state index is 13.6. The molecule has 1 aliphatic carbocycles. The predicted octanol–water partition coefficient (Wildman–Crippen LogP) is 3.81. The molecule has 0 heterocycles. The number of thiol groups is 1. The number of benzene rings is 1. The summed E-state index contributed by atoms with van der Waals surface area (Å²) in [7, 11) is 0. The lowest BCUT2D eigenvalue weighted by Crippen LogP contribution is -2.38. The molecule has 1 fully saturated rings. The summed E-state index contributed by atoms with van der Waals surface area (Å²) in [6, 6.07) is 4.48. The largest absolute Gasteiger partial charge is 0.349 e. The average Bonchev–Trinajstić information content (AvgIpc) is 2.41. The summed E-state index contributed by atoms with van der Waals surface area (Å²) in [6.07, 6.45) is 5.52. The quantitative estimate of drug-likeness (QED) is 0.810. The van der Waals surface area contributed by atoms with Crippen molar-refractivity contribution in [2.75, 3.05) is 0 Å². The third kappa shape index (κ3) is 3.72. The summed E-state index contributed by atoms with van der Waals surface area (Å²) in [5.74, 6) is -0.131. The Morgan fingerprint density at radius 3 is 3.00 bits per heavy atom. The van der Waals surface area contributed by atoms with Crippen LogP contribution in [0.25, 0.3) is 0 Å². The first kappa shape index (κ1) is 14.4. The monoisotopic (exact) mass is 281 g/mol. The van der Waals surface area contributed by atoms with Gasteiger partial charge in [0.25, 0.3) is 5.91 Å². The van der Waals surface area contributed by atoms with Gasteiger partial charge in [-0.2, -0.15) is 0 Å². The lowest BCUT2D eigenvalue weighted by atomic mass is 9.84. The second kappa shape index (κ2) is 6.42. The van der Waals surface area contributed by atoms with Crippen LogP contribution in [0.3, 0.4) is 0 Å². The first-order chi connectivity index (χ1) is 9.10. The fourth-order valence-electron chi connectivity index (χ4n) is 2.74. The number of carbonyl (C=O) groups is 1. The van der Waals surface area contributed by atoms with Gasteiger partial charge in [0.05, 0.1) is 5.56 Å². The molecule has 1 aromatic carbocycles. The van der Waals surface area contributed by atoms with E-state index in [1.807, 2.05) is 0 Å². The molecule has 0 bridgehead atoms. The van der Waals surface area contributed by atoms with Crippen LogP contribution in [0.1, 0.15) is 49.4 Å². The van der Waals surface area contributed by atoms with Crippen molar-refractivity contribution in [2.45, 2.75) is 50.0 Å². The summed E-state index contributed by atoms with van der Waals surface area (Å²) >= 11 is 4.14. The topological polar surface area (TPSA) is 29.1 Å². The van der Waals surface area contributed by atoms with Crippen molar-refractivity contribution in [3.63, 3.8) is 0 Å². The van der Waals surface area contributed by atoms with E-state index in [1.54, 1.807) is 6.07 Å². The van der Waals surface area contributed by atoms with Gasteiger partial charge in [-0.25, -0.2) is 4.39 Å². The Morgan fingerprint density at radius 2 is 2.26 bits per heavy atom. The highest BCUT2D eigenvalue weighted by Gasteiger charge is 2.23. The molecule has 2 nitrogen and oxygen atoms in total. The molecule has 0 saturated heterocycles. The minimum atomic E-state index is -0.488. The maximum atomic E-state index is 13.6. The van der Waals surface area contributed by atoms with E-state index in [0.29, 0.717) is 10.8 Å². The van der Waals surface area contributed by atoms with Crippen LogP contribution in [-0.4, -0.2) is 11.9 Å². The van der Waals surface area contributed by atoms with E-state index >= 15 is 0 Å². The number of amides is 1. The Morgan fingerprint density at radius 1 is 1.47 bits per heavy atom. The Bertz CT molecular complexity index is 463. The van der Waals surface area contributed by atoms with Crippen molar-refractivity contribution in [3.8, 4) is 0 Å². The van der Waals surface area contributed by atoms with E-state index in [4.69, 9.17) is 0 Å². The fraction of sp³-hybridized carbons (Fsp3) is 0.533. The lowest BCUT2D eigenvalue weighted by molar-refractivity contribution is 0.0915. The Balaban J connectivity index is 2.02. The summed E-state index contributed by atoms with van der Waals surface area (Å²) in [5.41, 5.74) is 0.0890. The summed E-state index contributed by atoms with van der Waals surface area (Å²) in [6.45, 7) is 2.18. The second-order valence-electron chi connectivity index (χ2n) is 5.28. The molecule has 1 N–H and O–H groups in total. The van der Waals surface area contributed by atoms with Crippen molar-refractivity contribution < 1.29 is 9.18 Å². The van der Waals surface area contributed by atoms with E-state index in [-0.39, 0.29) is 17.5 Å². The molecule has 1 aromatic rings. The van der Waals surface area contributed by atoms with Crippen LogP contribution in [0.4, 0.5) is 4.39 Å². The third-order valence-electron chi connectivity index (χ3n) is 3.89. The van der Waals surface area contributed by atoms with Gasteiger partial charge in [-0.1, -0.05) is 26.2 Å². The Labute approximate surface area is 119 Å². The highest BCUT2D eigenvalue weighted by Crippen LogP contribution is 2.26. The van der Waals surface area contributed by atoms with E-state index in [0.717, 1.165) is 25.7 Å². The smallest absolute Gasteiger partial charge is 0.254 e. The molecule has 2 rings (SSSR count). The van der Waals surface area contributed by atoms with Gasteiger partial charge in [-0.05, 0) is 37.0 Å². The first-order valence-electron chi connectivity index (χ1n) is 6.89.